The van der Waals surface area contributed by atoms with Gasteiger partial charge in [-0.05, 0) is 211 Å². The molecule has 0 aliphatic carbocycles. The van der Waals surface area contributed by atoms with E-state index in [1.165, 1.54) is 144 Å². The molecular weight excluding hydrogens is 1350 g/mol. The quantitative estimate of drug-likeness (QED) is 0.101. The second-order valence-corrected chi connectivity index (χ2v) is 28.1. The van der Waals surface area contributed by atoms with E-state index in [-0.39, 0.29) is 0 Å². The minimum absolute atomic E-state index is 0.914. The van der Waals surface area contributed by atoms with Gasteiger partial charge in [0.2, 0.25) is 0 Å². The number of anilines is 4. The van der Waals surface area contributed by atoms with E-state index < -0.39 is 0 Å². The lowest BCUT2D eigenvalue weighted by atomic mass is 9.93. The molecule has 0 radical (unpaired) electrons. The molecule has 0 saturated heterocycles. The Kier molecular flexibility index (Phi) is 22.8. The van der Waals surface area contributed by atoms with Gasteiger partial charge in [-0.1, -0.05) is 419 Å². The summed E-state index contributed by atoms with van der Waals surface area (Å²) in [6.07, 6.45) is 1.88. The summed E-state index contributed by atoms with van der Waals surface area (Å²) in [4.78, 5) is 0. The summed E-state index contributed by atoms with van der Waals surface area (Å²) in [5.41, 5.74) is 29.6. The Morgan fingerprint density at radius 1 is 0.143 bits per heavy atom. The molecular formula is C110H84N2. The van der Waals surface area contributed by atoms with Gasteiger partial charge in [-0.15, -0.1) is 0 Å². The van der Waals surface area contributed by atoms with Crippen molar-refractivity contribution in [2.75, 3.05) is 10.6 Å². The van der Waals surface area contributed by atoms with Gasteiger partial charge in [-0.25, -0.2) is 0 Å². The number of nitrogens with one attached hydrogen (secondary N) is 2. The fourth-order valence-electron chi connectivity index (χ4n) is 14.8. The Bertz CT molecular complexity index is 6040. The molecule has 0 heterocycles. The predicted octanol–water partition coefficient (Wildman–Crippen LogP) is 30.2. The van der Waals surface area contributed by atoms with Gasteiger partial charge in [0.15, 0.2) is 0 Å². The molecule has 2 nitrogen and oxygen atoms in total. The molecule has 2 heteroatoms. The van der Waals surface area contributed by atoms with Crippen molar-refractivity contribution in [3.8, 4) is 89.0 Å². The predicted molar refractivity (Wildman–Crippen MR) is 480 cm³/mol. The molecule has 0 aliphatic rings. The standard InChI is InChI=1S/C33H24.C30H23N.C24H19N.C23H18/c1-3-17-30-26(11-1)13-7-19-32(30)28-15-5-9-24(22-28)21-25-10-6-16-29(23-25)33-20-8-14-27-12-2-4-18-31(27)33;1-3-8-23(9-4-1)25-14-18-29(19-15-25)31-30-20-16-26(17-21-30)28-13-7-12-27(22-28)24-10-5-2-6-11-24;1-3-9-19(10-4-1)21-13-7-15-23(17-21)25-24-16-8-14-22(18-24)20-11-5-2-6-12-20;1-2-7-19(8-3-1)20-15-13-18(14-16-20)17-22-11-6-10-21-9-4-5-12-23(21)22/h1-20,22-23H,21H2;1-22,31H;1-18,25H;1-16H,17H2. The lowest BCUT2D eigenvalue weighted by Crippen LogP contribution is -1.91. The maximum absolute atomic E-state index is 3.52. The second kappa shape index (κ2) is 35.5. The first kappa shape index (κ1) is 71.8. The molecule has 0 aliphatic heterocycles. The summed E-state index contributed by atoms with van der Waals surface area (Å²) in [5.74, 6) is 0. The zero-order valence-corrected chi connectivity index (χ0v) is 62.4. The molecule has 112 heavy (non-hydrogen) atoms. The van der Waals surface area contributed by atoms with Gasteiger partial charge in [0.05, 0.1) is 0 Å². The van der Waals surface area contributed by atoms with Crippen LogP contribution in [0.3, 0.4) is 0 Å². The maximum atomic E-state index is 3.52. The fourth-order valence-corrected chi connectivity index (χ4v) is 14.8. The normalized spacial score (nSPS) is 10.8. The Hall–Kier alpha value is -14.4. The molecule has 0 spiro atoms. The van der Waals surface area contributed by atoms with E-state index in [1.54, 1.807) is 0 Å². The number of benzene rings is 19. The van der Waals surface area contributed by atoms with Crippen molar-refractivity contribution in [2.45, 2.75) is 12.8 Å². The van der Waals surface area contributed by atoms with Crippen LogP contribution in [-0.2, 0) is 12.8 Å². The molecule has 0 unspecified atom stereocenters. The monoisotopic (exact) mass is 1430 g/mol. The van der Waals surface area contributed by atoms with Crippen LogP contribution in [0.15, 0.2) is 473 Å². The highest BCUT2D eigenvalue weighted by Crippen LogP contribution is 2.35. The molecule has 19 aromatic rings. The molecule has 534 valence electrons. The van der Waals surface area contributed by atoms with Crippen LogP contribution in [0.1, 0.15) is 22.3 Å². The first-order valence-corrected chi connectivity index (χ1v) is 38.5. The molecule has 0 atom stereocenters. The Balaban J connectivity index is 0.000000114. The molecule has 0 saturated carbocycles. The van der Waals surface area contributed by atoms with Crippen LogP contribution in [0.25, 0.3) is 121 Å². The SMILES string of the molecule is c1cc(Cc2cccc(-c3cccc4ccccc34)c2)cc(-c2cccc3ccccc23)c1.c1ccc(-c2ccc(Cc3cccc4ccccc34)cc2)cc1.c1ccc(-c2ccc(Nc3ccc(-c4cccc(-c5ccccc5)c4)cc3)cc2)cc1.c1ccc(-c2cccc(Nc3cccc(-c4ccccc4)c3)c2)cc1. The van der Waals surface area contributed by atoms with Crippen molar-refractivity contribution in [2.24, 2.45) is 0 Å². The first-order valence-electron chi connectivity index (χ1n) is 38.5. The maximum Gasteiger partial charge on any atom is 0.0390 e. The summed E-state index contributed by atoms with van der Waals surface area (Å²) in [7, 11) is 0. The third-order valence-electron chi connectivity index (χ3n) is 20.5. The van der Waals surface area contributed by atoms with E-state index >= 15 is 0 Å². The van der Waals surface area contributed by atoms with Crippen LogP contribution in [0, 0.1) is 0 Å². The smallest absolute Gasteiger partial charge is 0.0390 e. The van der Waals surface area contributed by atoms with Crippen LogP contribution in [0.4, 0.5) is 22.7 Å². The van der Waals surface area contributed by atoms with E-state index in [4.69, 9.17) is 0 Å². The van der Waals surface area contributed by atoms with Gasteiger partial charge < -0.3 is 10.6 Å². The van der Waals surface area contributed by atoms with Crippen LogP contribution < -0.4 is 10.6 Å². The van der Waals surface area contributed by atoms with E-state index in [2.05, 4.69) is 460 Å². The van der Waals surface area contributed by atoms with Gasteiger partial charge in [0.1, 0.15) is 0 Å². The number of hydrogen-bond donors (Lipinski definition) is 2. The minimum Gasteiger partial charge on any atom is -0.356 e. The minimum atomic E-state index is 0.914. The Morgan fingerprint density at radius 3 is 0.848 bits per heavy atom. The van der Waals surface area contributed by atoms with E-state index in [0.717, 1.165) is 35.6 Å². The van der Waals surface area contributed by atoms with Gasteiger partial charge in [0.25, 0.3) is 0 Å². The third-order valence-corrected chi connectivity index (χ3v) is 20.5. The van der Waals surface area contributed by atoms with Gasteiger partial charge in [-0.3, -0.25) is 0 Å². The van der Waals surface area contributed by atoms with Gasteiger partial charge in [0, 0.05) is 22.7 Å². The molecule has 19 aromatic carbocycles. The second-order valence-electron chi connectivity index (χ2n) is 28.1. The van der Waals surface area contributed by atoms with E-state index in [0.29, 0.717) is 0 Å². The van der Waals surface area contributed by atoms with E-state index in [9.17, 15) is 0 Å². The number of rotatable bonds is 16. The van der Waals surface area contributed by atoms with Crippen molar-refractivity contribution in [1.29, 1.82) is 0 Å². The average Bonchev–Trinajstić information content (AvgIpc) is 0.817. The van der Waals surface area contributed by atoms with Crippen LogP contribution in [0.2, 0.25) is 0 Å². The summed E-state index contributed by atoms with van der Waals surface area (Å²) in [6.45, 7) is 0. The van der Waals surface area contributed by atoms with Crippen molar-refractivity contribution in [3.63, 3.8) is 0 Å². The third kappa shape index (κ3) is 18.2. The van der Waals surface area contributed by atoms with Gasteiger partial charge >= 0.3 is 0 Å². The Labute approximate surface area is 658 Å². The topological polar surface area (TPSA) is 24.1 Å². The molecule has 19 rings (SSSR count). The summed E-state index contributed by atoms with van der Waals surface area (Å²) >= 11 is 0. The largest absolute Gasteiger partial charge is 0.356 e. The zero-order valence-electron chi connectivity index (χ0n) is 62.4. The highest BCUT2D eigenvalue weighted by atomic mass is 14.9. The number of fused-ring (bicyclic) bond motifs is 3. The van der Waals surface area contributed by atoms with Crippen molar-refractivity contribution >= 4 is 55.1 Å². The molecule has 0 amide bonds. The van der Waals surface area contributed by atoms with E-state index in [1.807, 2.05) is 24.3 Å². The molecule has 2 N–H and O–H groups in total. The van der Waals surface area contributed by atoms with Crippen molar-refractivity contribution in [1.82, 2.24) is 0 Å². The Morgan fingerprint density at radius 2 is 0.420 bits per heavy atom. The van der Waals surface area contributed by atoms with Crippen molar-refractivity contribution < 1.29 is 0 Å². The first-order chi connectivity index (χ1) is 55.5. The highest BCUT2D eigenvalue weighted by Gasteiger charge is 2.11. The molecule has 0 aromatic heterocycles. The van der Waals surface area contributed by atoms with Crippen LogP contribution >= 0.6 is 0 Å². The summed E-state index contributed by atoms with van der Waals surface area (Å²) < 4.78 is 0. The van der Waals surface area contributed by atoms with Crippen molar-refractivity contribution in [3.05, 3.63) is 495 Å². The van der Waals surface area contributed by atoms with Crippen LogP contribution in [0.5, 0.6) is 0 Å². The fraction of sp³-hybridized carbons (Fsp3) is 0.0182. The lowest BCUT2D eigenvalue weighted by molar-refractivity contribution is 1.19. The average molecular weight is 1430 g/mol. The lowest BCUT2D eigenvalue weighted by Gasteiger charge is -2.11. The molecule has 0 fully saturated rings. The highest BCUT2D eigenvalue weighted by molar-refractivity contribution is 5.98. The summed E-state index contributed by atoms with van der Waals surface area (Å²) in [5, 5.41) is 14.8. The number of hydrogen-bond acceptors (Lipinski definition) is 2. The van der Waals surface area contributed by atoms with Gasteiger partial charge in [-0.2, -0.15) is 0 Å². The zero-order chi connectivity index (χ0) is 75.3. The summed E-state index contributed by atoms with van der Waals surface area (Å²) in [6, 6.07) is 168. The molecule has 0 bridgehead atoms. The van der Waals surface area contributed by atoms with Crippen LogP contribution in [-0.4, -0.2) is 0 Å².